The zero-order chi connectivity index (χ0) is 10.8. The molecule has 0 amide bonds. The average molecular weight is 214 g/mol. The molecule has 0 saturated heterocycles. The molecule has 0 radical (unpaired) electrons. The maximum Gasteiger partial charge on any atom is 0.0492 e. The van der Waals surface area contributed by atoms with Crippen molar-refractivity contribution < 1.29 is 0 Å². The van der Waals surface area contributed by atoms with E-state index in [-0.39, 0.29) is 0 Å². The molecule has 16 heavy (non-hydrogen) atoms. The van der Waals surface area contributed by atoms with E-state index in [1.54, 1.807) is 0 Å². The van der Waals surface area contributed by atoms with Crippen LogP contribution in [0, 0.1) is 0 Å². The van der Waals surface area contributed by atoms with Crippen LogP contribution in [0.25, 0.3) is 0 Å². The second-order valence-corrected chi connectivity index (χ2v) is 4.12. The van der Waals surface area contributed by atoms with Gasteiger partial charge in [-0.05, 0) is 24.6 Å². The number of nitrogens with one attached hydrogen (secondary N) is 1. The van der Waals surface area contributed by atoms with Gasteiger partial charge in [0.25, 0.3) is 0 Å². The minimum atomic E-state index is 0.506. The second kappa shape index (κ2) is 3.96. The van der Waals surface area contributed by atoms with Gasteiger partial charge < -0.3 is 5.32 Å². The normalized spacial score (nSPS) is 19.1. The first kappa shape index (κ1) is 9.39. The Morgan fingerprint density at radius 2 is 2.06 bits per heavy atom. The van der Waals surface area contributed by atoms with Gasteiger partial charge >= 0.3 is 0 Å². The molecule has 3 heterocycles. The van der Waals surface area contributed by atoms with Crippen molar-refractivity contribution in [3.63, 3.8) is 0 Å². The van der Waals surface area contributed by atoms with Crippen LogP contribution in [-0.4, -0.2) is 20.8 Å². The van der Waals surface area contributed by atoms with E-state index < -0.39 is 0 Å². The zero-order valence-corrected chi connectivity index (χ0v) is 9.00. The molecule has 1 aliphatic heterocycles. The molecular weight excluding hydrogens is 200 g/mol. The third kappa shape index (κ3) is 1.78. The number of aromatic nitrogens is 3. The first-order chi connectivity index (χ1) is 7.92. The van der Waals surface area contributed by atoms with Crippen molar-refractivity contribution in [2.45, 2.75) is 25.4 Å². The fourth-order valence-electron chi connectivity index (χ4n) is 2.17. The molecule has 1 N–H and O–H groups in total. The van der Waals surface area contributed by atoms with E-state index in [1.807, 2.05) is 30.7 Å². The summed E-state index contributed by atoms with van der Waals surface area (Å²) in [6, 6.07) is 6.62. The Balaban J connectivity index is 1.71. The lowest BCUT2D eigenvalue weighted by Gasteiger charge is -2.25. The Kier molecular flexibility index (Phi) is 2.33. The maximum atomic E-state index is 4.28. The molecule has 1 atom stereocenters. The minimum absolute atomic E-state index is 0.506. The predicted octanol–water partition coefficient (Wildman–Crippen LogP) is 1.70. The molecule has 0 saturated carbocycles. The Hall–Kier alpha value is -1.84. The van der Waals surface area contributed by atoms with Crippen LogP contribution >= 0.6 is 0 Å². The van der Waals surface area contributed by atoms with Gasteiger partial charge in [0.2, 0.25) is 0 Å². The van der Waals surface area contributed by atoms with Gasteiger partial charge in [0.15, 0.2) is 0 Å². The lowest BCUT2D eigenvalue weighted by molar-refractivity contribution is 0.455. The number of nitrogens with zero attached hydrogens (tertiary/aromatic N) is 3. The van der Waals surface area contributed by atoms with Gasteiger partial charge in [0.05, 0.1) is 0 Å². The molecule has 1 unspecified atom stereocenters. The SMILES string of the molecule is c1cc(NC2CCn3nccc3C2)ccn1. The minimum Gasteiger partial charge on any atom is -0.382 e. The molecule has 0 bridgehead atoms. The fraction of sp³-hybridized carbons (Fsp3) is 0.333. The highest BCUT2D eigenvalue weighted by molar-refractivity contribution is 5.42. The van der Waals surface area contributed by atoms with Crippen molar-refractivity contribution in [2.24, 2.45) is 0 Å². The summed E-state index contributed by atoms with van der Waals surface area (Å²) in [6.07, 6.45) is 7.67. The Labute approximate surface area is 94.3 Å². The maximum absolute atomic E-state index is 4.28. The first-order valence-electron chi connectivity index (χ1n) is 5.59. The van der Waals surface area contributed by atoms with E-state index in [1.165, 1.54) is 5.69 Å². The number of hydrogen-bond acceptors (Lipinski definition) is 3. The summed E-state index contributed by atoms with van der Waals surface area (Å²) in [6.45, 7) is 1.01. The topological polar surface area (TPSA) is 42.7 Å². The quantitative estimate of drug-likeness (QED) is 0.827. The van der Waals surface area contributed by atoms with Crippen LogP contribution in [0.1, 0.15) is 12.1 Å². The average Bonchev–Trinajstić information content (AvgIpc) is 2.77. The molecule has 1 aliphatic rings. The van der Waals surface area contributed by atoms with Gasteiger partial charge in [0.1, 0.15) is 0 Å². The molecule has 0 aliphatic carbocycles. The number of hydrogen-bond donors (Lipinski definition) is 1. The number of pyridine rings is 1. The molecule has 82 valence electrons. The van der Waals surface area contributed by atoms with Crippen LogP contribution in [0.2, 0.25) is 0 Å². The Morgan fingerprint density at radius 3 is 2.94 bits per heavy atom. The zero-order valence-electron chi connectivity index (χ0n) is 9.00. The van der Waals surface area contributed by atoms with E-state index in [9.17, 15) is 0 Å². The third-order valence-electron chi connectivity index (χ3n) is 3.00. The molecule has 4 heteroatoms. The van der Waals surface area contributed by atoms with E-state index in [4.69, 9.17) is 0 Å². The van der Waals surface area contributed by atoms with E-state index in [2.05, 4.69) is 26.1 Å². The van der Waals surface area contributed by atoms with E-state index in [0.29, 0.717) is 6.04 Å². The van der Waals surface area contributed by atoms with Gasteiger partial charge in [-0.1, -0.05) is 0 Å². The molecule has 3 rings (SSSR count). The van der Waals surface area contributed by atoms with Crippen molar-refractivity contribution in [3.05, 3.63) is 42.5 Å². The summed E-state index contributed by atoms with van der Waals surface area (Å²) in [7, 11) is 0. The molecule has 0 fully saturated rings. The summed E-state index contributed by atoms with van der Waals surface area (Å²) >= 11 is 0. The van der Waals surface area contributed by atoms with Gasteiger partial charge in [-0.25, -0.2) is 0 Å². The van der Waals surface area contributed by atoms with E-state index >= 15 is 0 Å². The molecule has 0 spiro atoms. The molecule has 4 nitrogen and oxygen atoms in total. The smallest absolute Gasteiger partial charge is 0.0492 e. The molecule has 2 aromatic rings. The van der Waals surface area contributed by atoms with Crippen molar-refractivity contribution in [3.8, 4) is 0 Å². The van der Waals surface area contributed by atoms with Gasteiger partial charge in [0, 0.05) is 49.0 Å². The number of aryl methyl sites for hydroxylation is 1. The van der Waals surface area contributed by atoms with Crippen molar-refractivity contribution in [2.75, 3.05) is 5.32 Å². The van der Waals surface area contributed by atoms with Gasteiger partial charge in [-0.15, -0.1) is 0 Å². The molecule has 0 aromatic carbocycles. The highest BCUT2D eigenvalue weighted by atomic mass is 15.3. The molecular formula is C12H14N4. The van der Waals surface area contributed by atoms with Crippen LogP contribution < -0.4 is 5.32 Å². The van der Waals surface area contributed by atoms with Crippen LogP contribution in [0.4, 0.5) is 5.69 Å². The second-order valence-electron chi connectivity index (χ2n) is 4.12. The van der Waals surface area contributed by atoms with Crippen LogP contribution in [0.5, 0.6) is 0 Å². The predicted molar refractivity (Wildman–Crippen MR) is 62.2 cm³/mol. The van der Waals surface area contributed by atoms with Gasteiger partial charge in [-0.2, -0.15) is 5.10 Å². The highest BCUT2D eigenvalue weighted by Crippen LogP contribution is 2.17. The lowest BCUT2D eigenvalue weighted by Crippen LogP contribution is -2.30. The summed E-state index contributed by atoms with van der Waals surface area (Å²) in [5, 5.41) is 7.81. The van der Waals surface area contributed by atoms with E-state index in [0.717, 1.165) is 25.1 Å². The van der Waals surface area contributed by atoms with Crippen molar-refractivity contribution >= 4 is 5.69 Å². The van der Waals surface area contributed by atoms with Gasteiger partial charge in [-0.3, -0.25) is 9.67 Å². The lowest BCUT2D eigenvalue weighted by atomic mass is 10.0. The summed E-state index contributed by atoms with van der Waals surface area (Å²) < 4.78 is 2.09. The number of rotatable bonds is 2. The van der Waals surface area contributed by atoms with Crippen molar-refractivity contribution in [1.82, 2.24) is 14.8 Å². The van der Waals surface area contributed by atoms with Crippen LogP contribution in [0.15, 0.2) is 36.8 Å². The highest BCUT2D eigenvalue weighted by Gasteiger charge is 2.18. The van der Waals surface area contributed by atoms with Crippen LogP contribution in [0.3, 0.4) is 0 Å². The first-order valence-corrected chi connectivity index (χ1v) is 5.59. The largest absolute Gasteiger partial charge is 0.382 e. The summed E-state index contributed by atoms with van der Waals surface area (Å²) in [4.78, 5) is 4.01. The monoisotopic (exact) mass is 214 g/mol. The Bertz CT molecular complexity index is 463. The molecule has 2 aromatic heterocycles. The summed E-state index contributed by atoms with van der Waals surface area (Å²) in [5.74, 6) is 0. The number of fused-ring (bicyclic) bond motifs is 1. The van der Waals surface area contributed by atoms with Crippen molar-refractivity contribution in [1.29, 1.82) is 0 Å². The standard InChI is InChI=1S/C12H14N4/c1-5-13-6-2-10(1)15-11-4-8-16-12(9-11)3-7-14-16/h1-3,5-7,11H,4,8-9H2,(H,13,15). The van der Waals surface area contributed by atoms with Crippen LogP contribution in [-0.2, 0) is 13.0 Å². The summed E-state index contributed by atoms with van der Waals surface area (Å²) in [5.41, 5.74) is 2.46. The fourth-order valence-corrected chi connectivity index (χ4v) is 2.17. The third-order valence-corrected chi connectivity index (χ3v) is 3.00. The Morgan fingerprint density at radius 1 is 1.19 bits per heavy atom. The number of anilines is 1.